The van der Waals surface area contributed by atoms with Gasteiger partial charge in [0.2, 0.25) is 15.9 Å². The Morgan fingerprint density at radius 1 is 0.909 bits per heavy atom. The van der Waals surface area contributed by atoms with Crippen LogP contribution in [0.2, 0.25) is 0 Å². The van der Waals surface area contributed by atoms with Crippen molar-refractivity contribution in [3.8, 4) is 5.75 Å². The van der Waals surface area contributed by atoms with E-state index >= 15 is 0 Å². The summed E-state index contributed by atoms with van der Waals surface area (Å²) in [5.41, 5.74) is 0.146. The molecular formula is C22H26N2O8S. The molecule has 178 valence electrons. The first-order chi connectivity index (χ1) is 15.7. The Labute approximate surface area is 192 Å². The summed E-state index contributed by atoms with van der Waals surface area (Å²) >= 11 is 0. The molecule has 2 rings (SSSR count). The Kier molecular flexibility index (Phi) is 8.94. The lowest BCUT2D eigenvalue weighted by atomic mass is 10.1. The van der Waals surface area contributed by atoms with Gasteiger partial charge in [-0.15, -0.1) is 0 Å². The third kappa shape index (κ3) is 6.53. The fourth-order valence-electron chi connectivity index (χ4n) is 2.92. The maximum absolute atomic E-state index is 13.0. The summed E-state index contributed by atoms with van der Waals surface area (Å²) in [5.74, 6) is -1.57. The summed E-state index contributed by atoms with van der Waals surface area (Å²) in [6.07, 6.45) is 0. The Balaban J connectivity index is 2.23. The van der Waals surface area contributed by atoms with Crippen LogP contribution in [-0.2, 0) is 24.3 Å². The van der Waals surface area contributed by atoms with Crippen molar-refractivity contribution in [2.45, 2.75) is 18.7 Å². The van der Waals surface area contributed by atoms with E-state index in [1.807, 2.05) is 6.92 Å². The summed E-state index contributed by atoms with van der Waals surface area (Å²) in [4.78, 5) is 36.5. The van der Waals surface area contributed by atoms with E-state index < -0.39 is 34.4 Å². The minimum atomic E-state index is -3.95. The highest BCUT2D eigenvalue weighted by atomic mass is 32.2. The van der Waals surface area contributed by atoms with Crippen LogP contribution in [0, 0.1) is 0 Å². The first-order valence-corrected chi connectivity index (χ1v) is 11.4. The quantitative estimate of drug-likeness (QED) is 0.515. The lowest BCUT2D eigenvalue weighted by Gasteiger charge is -2.20. The van der Waals surface area contributed by atoms with E-state index in [0.29, 0.717) is 12.4 Å². The number of rotatable bonds is 10. The van der Waals surface area contributed by atoms with Crippen molar-refractivity contribution >= 4 is 33.6 Å². The molecule has 0 bridgehead atoms. The number of anilines is 1. The average molecular weight is 479 g/mol. The number of esters is 2. The van der Waals surface area contributed by atoms with Crippen LogP contribution in [0.1, 0.15) is 34.6 Å². The third-order valence-corrected chi connectivity index (χ3v) is 6.44. The largest absolute Gasteiger partial charge is 0.494 e. The molecular weight excluding hydrogens is 452 g/mol. The normalized spacial score (nSPS) is 11.1. The Morgan fingerprint density at radius 2 is 1.45 bits per heavy atom. The van der Waals surface area contributed by atoms with Gasteiger partial charge in [-0.3, -0.25) is 4.79 Å². The molecule has 0 aromatic heterocycles. The van der Waals surface area contributed by atoms with Crippen molar-refractivity contribution in [3.63, 3.8) is 0 Å². The standard InChI is InChI=1S/C22H26N2O8S/c1-5-24(33(28,29)19-9-7-18(8-10-19)32-6-2)14-20(25)23-17-12-15(21(26)30-3)11-16(13-17)22(27)31-4/h7-13H,5-6,14H2,1-4H3,(H,23,25). The molecule has 10 nitrogen and oxygen atoms in total. The fourth-order valence-corrected chi connectivity index (χ4v) is 4.33. The molecule has 0 aliphatic heterocycles. The molecule has 0 saturated carbocycles. The number of benzene rings is 2. The zero-order valence-corrected chi connectivity index (χ0v) is 19.6. The molecule has 0 aliphatic rings. The molecule has 2 aromatic carbocycles. The van der Waals surface area contributed by atoms with Crippen LogP contribution in [0.25, 0.3) is 0 Å². The van der Waals surface area contributed by atoms with Gasteiger partial charge in [-0.05, 0) is 49.4 Å². The van der Waals surface area contributed by atoms with Crippen LogP contribution in [0.5, 0.6) is 5.75 Å². The second-order valence-electron chi connectivity index (χ2n) is 6.67. The highest BCUT2D eigenvalue weighted by Crippen LogP contribution is 2.21. The van der Waals surface area contributed by atoms with Gasteiger partial charge in [-0.25, -0.2) is 18.0 Å². The van der Waals surface area contributed by atoms with E-state index in [1.54, 1.807) is 6.92 Å². The van der Waals surface area contributed by atoms with E-state index in [9.17, 15) is 22.8 Å². The van der Waals surface area contributed by atoms with Gasteiger partial charge in [0, 0.05) is 12.2 Å². The maximum atomic E-state index is 13.0. The Hall–Kier alpha value is -3.44. The molecule has 0 spiro atoms. The van der Waals surface area contributed by atoms with Gasteiger partial charge in [-0.1, -0.05) is 6.92 Å². The summed E-state index contributed by atoms with van der Waals surface area (Å²) in [7, 11) is -1.60. The number of amides is 1. The lowest BCUT2D eigenvalue weighted by Crippen LogP contribution is -2.37. The lowest BCUT2D eigenvalue weighted by molar-refractivity contribution is -0.116. The third-order valence-electron chi connectivity index (χ3n) is 4.50. The van der Waals surface area contributed by atoms with Crippen LogP contribution in [0.3, 0.4) is 0 Å². The van der Waals surface area contributed by atoms with Gasteiger partial charge in [0.15, 0.2) is 0 Å². The molecule has 33 heavy (non-hydrogen) atoms. The van der Waals surface area contributed by atoms with Crippen LogP contribution < -0.4 is 10.1 Å². The Morgan fingerprint density at radius 3 is 1.91 bits per heavy atom. The zero-order chi connectivity index (χ0) is 24.6. The summed E-state index contributed by atoms with van der Waals surface area (Å²) < 4.78 is 41.6. The summed E-state index contributed by atoms with van der Waals surface area (Å²) in [6, 6.07) is 9.78. The summed E-state index contributed by atoms with van der Waals surface area (Å²) in [6.45, 7) is 3.42. The van der Waals surface area contributed by atoms with E-state index in [2.05, 4.69) is 14.8 Å². The molecule has 0 aliphatic carbocycles. The Bertz CT molecular complexity index is 1080. The van der Waals surface area contributed by atoms with Crippen LogP contribution in [-0.4, -0.2) is 64.5 Å². The van der Waals surface area contributed by atoms with Crippen LogP contribution >= 0.6 is 0 Å². The highest BCUT2D eigenvalue weighted by Gasteiger charge is 2.25. The molecule has 0 fully saturated rings. The molecule has 1 N–H and O–H groups in total. The number of carbonyl (C=O) groups excluding carboxylic acids is 3. The summed E-state index contributed by atoms with van der Waals surface area (Å²) in [5, 5.41) is 2.51. The number of sulfonamides is 1. The molecule has 11 heteroatoms. The molecule has 0 radical (unpaired) electrons. The number of carbonyl (C=O) groups is 3. The van der Waals surface area contributed by atoms with Crippen LogP contribution in [0.4, 0.5) is 5.69 Å². The number of ether oxygens (including phenoxy) is 3. The minimum Gasteiger partial charge on any atom is -0.494 e. The monoisotopic (exact) mass is 478 g/mol. The SMILES string of the molecule is CCOc1ccc(S(=O)(=O)N(CC)CC(=O)Nc2cc(C(=O)OC)cc(C(=O)OC)c2)cc1. The molecule has 0 atom stereocenters. The van der Waals surface area contributed by atoms with Crippen molar-refractivity contribution < 1.29 is 37.0 Å². The second-order valence-corrected chi connectivity index (χ2v) is 8.60. The van der Waals surface area contributed by atoms with Crippen molar-refractivity contribution in [2.75, 3.05) is 39.2 Å². The minimum absolute atomic E-state index is 0.0151. The van der Waals surface area contributed by atoms with Crippen molar-refractivity contribution in [1.82, 2.24) is 4.31 Å². The van der Waals surface area contributed by atoms with E-state index in [-0.39, 0.29) is 28.3 Å². The van der Waals surface area contributed by atoms with Gasteiger partial charge in [0.1, 0.15) is 5.75 Å². The zero-order valence-electron chi connectivity index (χ0n) is 18.8. The topological polar surface area (TPSA) is 128 Å². The predicted molar refractivity (Wildman–Crippen MR) is 120 cm³/mol. The van der Waals surface area contributed by atoms with Gasteiger partial charge < -0.3 is 19.5 Å². The van der Waals surface area contributed by atoms with Gasteiger partial charge in [-0.2, -0.15) is 4.31 Å². The second kappa shape index (κ2) is 11.4. The highest BCUT2D eigenvalue weighted by molar-refractivity contribution is 7.89. The van der Waals surface area contributed by atoms with Crippen molar-refractivity contribution in [1.29, 1.82) is 0 Å². The fraction of sp³-hybridized carbons (Fsp3) is 0.318. The molecule has 1 amide bonds. The number of nitrogens with one attached hydrogen (secondary N) is 1. The van der Waals surface area contributed by atoms with Gasteiger partial charge >= 0.3 is 11.9 Å². The molecule has 2 aromatic rings. The van der Waals surface area contributed by atoms with E-state index in [4.69, 9.17) is 4.74 Å². The van der Waals surface area contributed by atoms with E-state index in [1.165, 1.54) is 56.7 Å². The number of nitrogens with zero attached hydrogens (tertiary/aromatic N) is 1. The van der Waals surface area contributed by atoms with Gasteiger partial charge in [0.25, 0.3) is 0 Å². The first-order valence-electron chi connectivity index (χ1n) is 10.0. The van der Waals surface area contributed by atoms with Crippen molar-refractivity contribution in [3.05, 3.63) is 53.6 Å². The number of hydrogen-bond donors (Lipinski definition) is 1. The smallest absolute Gasteiger partial charge is 0.337 e. The van der Waals surface area contributed by atoms with E-state index in [0.717, 1.165) is 4.31 Å². The molecule has 0 heterocycles. The molecule has 0 unspecified atom stereocenters. The van der Waals surface area contributed by atoms with Gasteiger partial charge in [0.05, 0.1) is 43.4 Å². The number of likely N-dealkylation sites (N-methyl/N-ethyl adjacent to an activating group) is 1. The van der Waals surface area contributed by atoms with Crippen LogP contribution in [0.15, 0.2) is 47.4 Å². The predicted octanol–water partition coefficient (Wildman–Crippen LogP) is 2.31. The molecule has 0 saturated heterocycles. The number of hydrogen-bond acceptors (Lipinski definition) is 8. The number of methoxy groups -OCH3 is 2. The maximum Gasteiger partial charge on any atom is 0.337 e. The van der Waals surface area contributed by atoms with Crippen molar-refractivity contribution in [2.24, 2.45) is 0 Å². The first kappa shape index (κ1) is 25.8. The average Bonchev–Trinajstić information content (AvgIpc) is 2.81.